The second-order valence-electron chi connectivity index (χ2n) is 13.3. The Kier molecular flexibility index (Phi) is 6.07. The molecule has 7 atom stereocenters. The summed E-state index contributed by atoms with van der Waals surface area (Å²) in [6.07, 6.45) is 14.4. The van der Waals surface area contributed by atoms with Gasteiger partial charge in [0.1, 0.15) is 5.78 Å². The molecule has 4 rings (SSSR count). The number of carbonyl (C=O) groups excluding carboxylic acids is 1. The van der Waals surface area contributed by atoms with Gasteiger partial charge in [-0.2, -0.15) is 0 Å². The number of carboxylic acids is 1. The molecule has 3 nitrogen and oxygen atoms in total. The van der Waals surface area contributed by atoms with Crippen molar-refractivity contribution in [1.82, 2.24) is 0 Å². The minimum absolute atomic E-state index is 0.203. The number of carbonyl (C=O) groups is 2. The first-order valence-electron chi connectivity index (χ1n) is 13.4. The molecule has 3 unspecified atom stereocenters. The summed E-state index contributed by atoms with van der Waals surface area (Å²) in [6, 6.07) is 0. The summed E-state index contributed by atoms with van der Waals surface area (Å²) in [7, 11) is 0. The SMILES string of the molecule is CC(=CCCC(C)[C@@H]1CC[C@]2(C)C3=CCC4C(C)(C)C(=O)CC[C@]4(C)C3CC[C@@]12C)C(=O)O. The van der Waals surface area contributed by atoms with Crippen LogP contribution in [0.2, 0.25) is 0 Å². The third kappa shape index (κ3) is 3.50. The molecule has 0 aromatic heterocycles. The van der Waals surface area contributed by atoms with Crippen molar-refractivity contribution in [2.45, 2.75) is 106 Å². The van der Waals surface area contributed by atoms with Crippen molar-refractivity contribution < 1.29 is 14.7 Å². The Morgan fingerprint density at radius 1 is 1.15 bits per heavy atom. The van der Waals surface area contributed by atoms with E-state index in [1.54, 1.807) is 12.5 Å². The molecule has 3 heteroatoms. The van der Waals surface area contributed by atoms with E-state index in [1.807, 2.05) is 6.08 Å². The fourth-order valence-electron chi connectivity index (χ4n) is 9.32. The number of allylic oxidation sites excluding steroid dienone is 3. The van der Waals surface area contributed by atoms with Crippen LogP contribution in [0, 0.1) is 45.3 Å². The number of carboxylic acid groups (broad SMARTS) is 1. The van der Waals surface area contributed by atoms with Crippen LogP contribution in [0.1, 0.15) is 106 Å². The van der Waals surface area contributed by atoms with Crippen molar-refractivity contribution >= 4 is 11.8 Å². The highest BCUT2D eigenvalue weighted by atomic mass is 16.4. The average Bonchev–Trinajstić information content (AvgIpc) is 3.02. The van der Waals surface area contributed by atoms with Gasteiger partial charge in [-0.1, -0.05) is 59.3 Å². The van der Waals surface area contributed by atoms with E-state index in [1.165, 1.54) is 25.7 Å². The maximum absolute atomic E-state index is 12.8. The lowest BCUT2D eigenvalue weighted by molar-refractivity contribution is -0.146. The van der Waals surface area contributed by atoms with Crippen molar-refractivity contribution in [1.29, 1.82) is 0 Å². The largest absolute Gasteiger partial charge is 0.478 e. The molecule has 4 aliphatic carbocycles. The predicted molar refractivity (Wildman–Crippen MR) is 134 cm³/mol. The molecule has 3 saturated carbocycles. The van der Waals surface area contributed by atoms with E-state index in [4.69, 9.17) is 5.11 Å². The maximum atomic E-state index is 12.8. The van der Waals surface area contributed by atoms with Crippen molar-refractivity contribution in [2.75, 3.05) is 0 Å². The minimum Gasteiger partial charge on any atom is -0.478 e. The van der Waals surface area contributed by atoms with Crippen LogP contribution in [0.4, 0.5) is 0 Å². The Hall–Kier alpha value is -1.38. The van der Waals surface area contributed by atoms with Crippen LogP contribution >= 0.6 is 0 Å². The van der Waals surface area contributed by atoms with E-state index < -0.39 is 5.97 Å². The summed E-state index contributed by atoms with van der Waals surface area (Å²) in [5, 5.41) is 9.16. The monoisotopic (exact) mass is 454 g/mol. The molecule has 0 aliphatic heterocycles. The summed E-state index contributed by atoms with van der Waals surface area (Å²) in [5.74, 6) is 2.05. The van der Waals surface area contributed by atoms with Crippen molar-refractivity contribution in [3.05, 3.63) is 23.3 Å². The van der Waals surface area contributed by atoms with Crippen LogP contribution in [0.3, 0.4) is 0 Å². The fraction of sp³-hybridized carbons (Fsp3) is 0.800. The molecule has 0 spiro atoms. The topological polar surface area (TPSA) is 54.4 Å². The lowest BCUT2D eigenvalue weighted by atomic mass is 9.41. The van der Waals surface area contributed by atoms with Crippen LogP contribution in [0.5, 0.6) is 0 Å². The first-order chi connectivity index (χ1) is 15.3. The van der Waals surface area contributed by atoms with Gasteiger partial charge in [-0.25, -0.2) is 4.79 Å². The zero-order valence-corrected chi connectivity index (χ0v) is 22.1. The molecule has 0 radical (unpaired) electrons. The standard InChI is InChI=1S/C30H46O3/c1-19(9-8-10-20(2)26(32)33)21-13-17-30(7)23-11-12-24-27(3,4)25(31)15-16-28(24,5)22(23)14-18-29(21,30)6/h10-11,19,21-22,24H,8-9,12-18H2,1-7H3,(H,32,33)/t19?,21-,22?,24?,28+,29-,30+/m0/s1. The molecule has 3 fully saturated rings. The fourth-order valence-corrected chi connectivity index (χ4v) is 9.32. The Morgan fingerprint density at radius 3 is 2.52 bits per heavy atom. The molecule has 4 aliphatic rings. The van der Waals surface area contributed by atoms with E-state index in [9.17, 15) is 9.59 Å². The van der Waals surface area contributed by atoms with Gasteiger partial charge in [0, 0.05) is 17.4 Å². The number of fused-ring (bicyclic) bond motifs is 5. The van der Waals surface area contributed by atoms with Gasteiger partial charge < -0.3 is 5.11 Å². The Balaban J connectivity index is 1.59. The van der Waals surface area contributed by atoms with Gasteiger partial charge in [-0.15, -0.1) is 0 Å². The first kappa shape index (κ1) is 24.7. The highest BCUT2D eigenvalue weighted by Gasteiger charge is 2.65. The normalized spacial score (nSPS) is 43.2. The number of hydrogen-bond donors (Lipinski definition) is 1. The maximum Gasteiger partial charge on any atom is 0.330 e. The summed E-state index contributed by atoms with van der Waals surface area (Å²) < 4.78 is 0. The van der Waals surface area contributed by atoms with Gasteiger partial charge >= 0.3 is 5.97 Å². The quantitative estimate of drug-likeness (QED) is 0.343. The number of rotatable bonds is 5. The molecule has 0 bridgehead atoms. The lowest BCUT2D eigenvalue weighted by Crippen LogP contribution is -2.57. The van der Waals surface area contributed by atoms with Crippen LogP contribution in [0.25, 0.3) is 0 Å². The second-order valence-corrected chi connectivity index (χ2v) is 13.3. The van der Waals surface area contributed by atoms with Crippen molar-refractivity contribution in [2.24, 2.45) is 45.3 Å². The van der Waals surface area contributed by atoms with E-state index in [0.717, 1.165) is 32.1 Å². The minimum atomic E-state index is -0.801. The van der Waals surface area contributed by atoms with E-state index in [0.29, 0.717) is 40.4 Å². The second kappa shape index (κ2) is 8.09. The average molecular weight is 455 g/mol. The van der Waals surface area contributed by atoms with Crippen molar-refractivity contribution in [3.8, 4) is 0 Å². The van der Waals surface area contributed by atoms with E-state index in [2.05, 4.69) is 47.6 Å². The molecule has 0 aromatic carbocycles. The summed E-state index contributed by atoms with van der Waals surface area (Å²) in [5.41, 5.74) is 2.80. The molecule has 0 aromatic rings. The summed E-state index contributed by atoms with van der Waals surface area (Å²) >= 11 is 0. The summed E-state index contributed by atoms with van der Waals surface area (Å²) in [4.78, 5) is 23.9. The zero-order valence-electron chi connectivity index (χ0n) is 22.1. The number of hydrogen-bond acceptors (Lipinski definition) is 2. The Labute approximate surface area is 201 Å². The van der Waals surface area contributed by atoms with Gasteiger partial charge in [0.25, 0.3) is 0 Å². The molecule has 0 heterocycles. The van der Waals surface area contributed by atoms with Gasteiger partial charge in [0.2, 0.25) is 0 Å². The third-order valence-electron chi connectivity index (χ3n) is 11.7. The van der Waals surface area contributed by atoms with E-state index in [-0.39, 0.29) is 16.2 Å². The van der Waals surface area contributed by atoms with Crippen molar-refractivity contribution in [3.63, 3.8) is 0 Å². The molecule has 1 N–H and O–H groups in total. The molecular weight excluding hydrogens is 408 g/mol. The molecule has 0 saturated heterocycles. The summed E-state index contributed by atoms with van der Waals surface area (Å²) in [6.45, 7) is 16.2. The number of Topliss-reactive ketones (excluding diaryl/α,β-unsaturated/α-hetero) is 1. The van der Waals surface area contributed by atoms with Gasteiger partial charge in [-0.3, -0.25) is 4.79 Å². The molecule has 0 amide bonds. The molecule has 33 heavy (non-hydrogen) atoms. The Bertz CT molecular complexity index is 894. The highest BCUT2D eigenvalue weighted by Crippen LogP contribution is 2.73. The van der Waals surface area contributed by atoms with Crippen LogP contribution < -0.4 is 0 Å². The zero-order chi connectivity index (χ0) is 24.4. The Morgan fingerprint density at radius 2 is 1.85 bits per heavy atom. The predicted octanol–water partition coefficient (Wildman–Crippen LogP) is 7.61. The van der Waals surface area contributed by atoms with Crippen LogP contribution in [-0.2, 0) is 9.59 Å². The van der Waals surface area contributed by atoms with Crippen LogP contribution in [-0.4, -0.2) is 16.9 Å². The van der Waals surface area contributed by atoms with Gasteiger partial charge in [-0.05, 0) is 98.2 Å². The third-order valence-corrected chi connectivity index (χ3v) is 11.7. The van der Waals surface area contributed by atoms with E-state index >= 15 is 0 Å². The first-order valence-corrected chi connectivity index (χ1v) is 13.4. The lowest BCUT2D eigenvalue weighted by Gasteiger charge is -2.63. The molecule has 184 valence electrons. The molecular formula is C30H46O3. The highest BCUT2D eigenvalue weighted by molar-refractivity contribution is 5.86. The van der Waals surface area contributed by atoms with Gasteiger partial charge in [0.05, 0.1) is 0 Å². The number of ketones is 1. The van der Waals surface area contributed by atoms with Gasteiger partial charge in [0.15, 0.2) is 0 Å². The smallest absolute Gasteiger partial charge is 0.330 e. The number of aliphatic carboxylic acids is 1. The van der Waals surface area contributed by atoms with Crippen LogP contribution in [0.15, 0.2) is 23.3 Å².